The first kappa shape index (κ1) is 16.6. The zero-order valence-corrected chi connectivity index (χ0v) is 11.0. The van der Waals surface area contributed by atoms with Crippen LogP contribution in [0.15, 0.2) is 0 Å². The molecule has 0 amide bonds. The van der Waals surface area contributed by atoms with Crippen molar-refractivity contribution in [2.24, 2.45) is 5.73 Å². The number of rotatable bonds is 8. The minimum atomic E-state index is -2.05. The van der Waals surface area contributed by atoms with Crippen molar-refractivity contribution in [2.75, 3.05) is 12.4 Å². The monoisotopic (exact) mass is 280 g/mol. The van der Waals surface area contributed by atoms with Crippen molar-refractivity contribution in [3.63, 3.8) is 0 Å². The Labute approximate surface area is 109 Å². The lowest BCUT2D eigenvalue weighted by Crippen LogP contribution is -2.61. The van der Waals surface area contributed by atoms with Gasteiger partial charge in [0.15, 0.2) is 17.4 Å². The molecule has 0 saturated carbocycles. The molecule has 0 spiro atoms. The smallest absolute Gasteiger partial charge is 0.334 e. The van der Waals surface area contributed by atoms with Crippen molar-refractivity contribution in [1.82, 2.24) is 0 Å². The summed E-state index contributed by atoms with van der Waals surface area (Å²) in [7, 11) is 0. The van der Waals surface area contributed by atoms with E-state index in [4.69, 9.17) is 5.73 Å². The summed E-state index contributed by atoms with van der Waals surface area (Å²) < 4.78 is 4.66. The molecule has 0 bridgehead atoms. The van der Waals surface area contributed by atoms with Gasteiger partial charge < -0.3 is 15.3 Å². The van der Waals surface area contributed by atoms with Crippen molar-refractivity contribution < 1.29 is 24.3 Å². The van der Waals surface area contributed by atoms with E-state index in [1.165, 1.54) is 6.92 Å². The Balaban J connectivity index is 5.07. The fraction of sp³-hybridized carbons (Fsp3) is 0.778. The molecule has 8 nitrogen and oxygen atoms in total. The summed E-state index contributed by atoms with van der Waals surface area (Å²) in [6.45, 7) is 3.08. The van der Waals surface area contributed by atoms with Gasteiger partial charge in [-0.25, -0.2) is 4.79 Å². The molecule has 0 fully saturated rings. The summed E-state index contributed by atoms with van der Waals surface area (Å²) >= 11 is 3.82. The van der Waals surface area contributed by atoms with Gasteiger partial charge in [0, 0.05) is 5.75 Å². The van der Waals surface area contributed by atoms with Crippen molar-refractivity contribution in [2.45, 2.75) is 31.9 Å². The van der Waals surface area contributed by atoms with Gasteiger partial charge in [-0.2, -0.15) is 12.6 Å². The molecule has 0 radical (unpaired) electrons. The number of carbonyl (C=O) groups is 2. The molecule has 2 unspecified atom stereocenters. The molecule has 0 aliphatic carbocycles. The molecular weight excluding hydrogens is 264 g/mol. The number of ether oxygens (including phenoxy) is 1. The second kappa shape index (κ2) is 7.17. The predicted octanol–water partition coefficient (Wildman–Crippen LogP) is -0.267. The predicted molar refractivity (Wildman–Crippen MR) is 64.6 cm³/mol. The van der Waals surface area contributed by atoms with Crippen LogP contribution < -0.4 is 5.73 Å². The highest BCUT2D eigenvalue weighted by Crippen LogP contribution is 2.15. The highest BCUT2D eigenvalue weighted by Gasteiger charge is 2.46. The molecule has 0 aromatic heterocycles. The number of hydrogen-bond donors (Lipinski definition) is 2. The maximum atomic E-state index is 12.0. The maximum Gasteiger partial charge on any atom is 0.334 e. The van der Waals surface area contributed by atoms with Crippen LogP contribution in [0.1, 0.15) is 20.3 Å². The normalized spacial score (nSPS) is 15.3. The topological polar surface area (TPSA) is 122 Å². The number of esters is 1. The number of carbonyl (C=O) groups excluding carboxylic acids is 2. The average molecular weight is 280 g/mol. The van der Waals surface area contributed by atoms with Gasteiger partial charge in [-0.05, 0) is 13.3 Å². The zero-order chi connectivity index (χ0) is 14.3. The van der Waals surface area contributed by atoms with E-state index in [0.29, 0.717) is 0 Å². The van der Waals surface area contributed by atoms with Gasteiger partial charge >= 0.3 is 5.97 Å². The Hall–Kier alpha value is -1.35. The number of nitrogens with two attached hydrogens (primary N) is 1. The van der Waals surface area contributed by atoms with E-state index in [9.17, 15) is 19.7 Å². The molecule has 0 aliphatic rings. The van der Waals surface area contributed by atoms with E-state index < -0.39 is 28.5 Å². The Morgan fingerprint density at radius 1 is 1.50 bits per heavy atom. The number of hydrogen-bond acceptors (Lipinski definition) is 8. The molecule has 104 valence electrons. The molecule has 18 heavy (non-hydrogen) atoms. The maximum absolute atomic E-state index is 12.0. The van der Waals surface area contributed by atoms with Crippen LogP contribution in [0.5, 0.6) is 0 Å². The van der Waals surface area contributed by atoms with Gasteiger partial charge in [-0.3, -0.25) is 4.79 Å². The van der Waals surface area contributed by atoms with E-state index in [0.717, 1.165) is 0 Å². The van der Waals surface area contributed by atoms with E-state index in [-0.39, 0.29) is 18.8 Å². The number of ketones is 1. The fourth-order valence-electron chi connectivity index (χ4n) is 1.20. The van der Waals surface area contributed by atoms with Gasteiger partial charge in [-0.15, -0.1) is 10.1 Å². The summed E-state index contributed by atoms with van der Waals surface area (Å²) in [6.07, 6.45) is -1.41. The highest BCUT2D eigenvalue weighted by molar-refractivity contribution is 7.80. The summed E-state index contributed by atoms with van der Waals surface area (Å²) in [5.74, 6) is -2.23. The molecular formula is C9H16N2O6S. The van der Waals surface area contributed by atoms with E-state index >= 15 is 0 Å². The van der Waals surface area contributed by atoms with Crippen LogP contribution in [0.25, 0.3) is 0 Å². The molecule has 0 saturated heterocycles. The largest absolute Gasteiger partial charge is 0.464 e. The molecule has 0 aromatic rings. The Bertz CT molecular complexity index is 337. The third kappa shape index (κ3) is 3.84. The first-order valence-electron chi connectivity index (χ1n) is 5.25. The van der Waals surface area contributed by atoms with E-state index in [2.05, 4.69) is 22.2 Å². The highest BCUT2D eigenvalue weighted by atomic mass is 32.1. The third-order valence-electron chi connectivity index (χ3n) is 2.21. The molecule has 2 N–H and O–H groups in total. The van der Waals surface area contributed by atoms with Gasteiger partial charge in [0.2, 0.25) is 0 Å². The van der Waals surface area contributed by atoms with Gasteiger partial charge in [0.25, 0.3) is 5.09 Å². The number of nitrogens with zero attached hydrogens (tertiary/aromatic N) is 1. The number of Topliss-reactive ketones (excluding diaryl/α,β-unsaturated/α-hetero) is 1. The molecule has 0 rings (SSSR count). The molecule has 0 aliphatic heterocycles. The van der Waals surface area contributed by atoms with E-state index in [1.807, 2.05) is 0 Å². The summed E-state index contributed by atoms with van der Waals surface area (Å²) in [5, 5.41) is 9.14. The fourth-order valence-corrected chi connectivity index (χ4v) is 1.49. The van der Waals surface area contributed by atoms with Crippen molar-refractivity contribution in [3.8, 4) is 0 Å². The standard InChI is InChI=1S/C9H16N2O6S/c1-3-6(17-11(14)15)7(12)9(10,5-18)8(13)16-4-2/h6,18H,3-5,10H2,1-2H3. The van der Waals surface area contributed by atoms with Crippen molar-refractivity contribution in [3.05, 3.63) is 10.1 Å². The van der Waals surface area contributed by atoms with Crippen LogP contribution in [0.3, 0.4) is 0 Å². The van der Waals surface area contributed by atoms with Crippen LogP contribution in [0.4, 0.5) is 0 Å². The third-order valence-corrected chi connectivity index (χ3v) is 2.70. The summed E-state index contributed by atoms with van der Waals surface area (Å²) in [6, 6.07) is 0. The van der Waals surface area contributed by atoms with Crippen LogP contribution in [0.2, 0.25) is 0 Å². The van der Waals surface area contributed by atoms with Gasteiger partial charge in [-0.1, -0.05) is 6.92 Å². The van der Waals surface area contributed by atoms with Gasteiger partial charge in [0.05, 0.1) is 6.61 Å². The second-order valence-corrected chi connectivity index (χ2v) is 3.76. The minimum absolute atomic E-state index is 0.00590. The van der Waals surface area contributed by atoms with Crippen LogP contribution in [-0.4, -0.2) is 40.8 Å². The average Bonchev–Trinajstić information content (AvgIpc) is 2.33. The Morgan fingerprint density at radius 2 is 2.06 bits per heavy atom. The lowest BCUT2D eigenvalue weighted by Gasteiger charge is -2.26. The zero-order valence-electron chi connectivity index (χ0n) is 10.1. The quantitative estimate of drug-likeness (QED) is 0.206. The summed E-state index contributed by atoms with van der Waals surface area (Å²) in [5.41, 5.74) is 3.57. The molecule has 0 aromatic carbocycles. The van der Waals surface area contributed by atoms with E-state index in [1.54, 1.807) is 6.92 Å². The summed E-state index contributed by atoms with van der Waals surface area (Å²) in [4.78, 5) is 38.0. The van der Waals surface area contributed by atoms with Crippen molar-refractivity contribution >= 4 is 24.4 Å². The lowest BCUT2D eigenvalue weighted by atomic mass is 9.92. The van der Waals surface area contributed by atoms with Crippen molar-refractivity contribution in [1.29, 1.82) is 0 Å². The van der Waals surface area contributed by atoms with Crippen LogP contribution in [-0.2, 0) is 19.2 Å². The molecule has 9 heteroatoms. The minimum Gasteiger partial charge on any atom is -0.464 e. The Morgan fingerprint density at radius 3 is 2.39 bits per heavy atom. The second-order valence-electron chi connectivity index (χ2n) is 3.44. The first-order chi connectivity index (χ1) is 8.33. The number of thiol groups is 1. The first-order valence-corrected chi connectivity index (χ1v) is 5.89. The van der Waals surface area contributed by atoms with Crippen LogP contribution >= 0.6 is 12.6 Å². The lowest BCUT2D eigenvalue weighted by molar-refractivity contribution is -0.764. The van der Waals surface area contributed by atoms with Gasteiger partial charge in [0.1, 0.15) is 0 Å². The molecule has 2 atom stereocenters. The van der Waals surface area contributed by atoms with Crippen LogP contribution in [0, 0.1) is 10.1 Å². The molecule has 0 heterocycles. The SMILES string of the molecule is CCOC(=O)C(N)(CS)C(=O)C(CC)O[N+](=O)[O-]. The Kier molecular flexibility index (Phi) is 6.63.